The maximum Gasteiger partial charge on any atom is 0.220 e. The zero-order valence-corrected chi connectivity index (χ0v) is 11.9. The lowest BCUT2D eigenvalue weighted by molar-refractivity contribution is -0.122. The molecule has 1 aromatic carbocycles. The molecule has 2 fully saturated rings. The van der Waals surface area contributed by atoms with E-state index in [-0.39, 0.29) is 5.91 Å². The molecule has 3 atom stereocenters. The van der Waals surface area contributed by atoms with Gasteiger partial charge in [0.1, 0.15) is 12.4 Å². The molecular weight excluding hydrogens is 250 g/mol. The van der Waals surface area contributed by atoms with Gasteiger partial charge in [-0.2, -0.15) is 0 Å². The van der Waals surface area contributed by atoms with Crippen LogP contribution in [0.15, 0.2) is 30.3 Å². The van der Waals surface area contributed by atoms with Crippen molar-refractivity contribution in [2.75, 3.05) is 13.2 Å². The van der Waals surface area contributed by atoms with Gasteiger partial charge in [0.25, 0.3) is 0 Å². The maximum atomic E-state index is 11.9. The zero-order valence-electron chi connectivity index (χ0n) is 11.9. The zero-order chi connectivity index (χ0) is 13.8. The highest BCUT2D eigenvalue weighted by Crippen LogP contribution is 2.49. The Morgan fingerprint density at radius 1 is 1.20 bits per heavy atom. The third kappa shape index (κ3) is 3.33. The summed E-state index contributed by atoms with van der Waals surface area (Å²) < 4.78 is 5.56. The van der Waals surface area contributed by atoms with Crippen molar-refractivity contribution in [1.82, 2.24) is 5.32 Å². The van der Waals surface area contributed by atoms with Crippen LogP contribution in [0.5, 0.6) is 5.75 Å². The summed E-state index contributed by atoms with van der Waals surface area (Å²) in [7, 11) is 0. The third-order valence-corrected chi connectivity index (χ3v) is 4.77. The molecule has 3 unspecified atom stereocenters. The van der Waals surface area contributed by atoms with Crippen molar-refractivity contribution in [3.05, 3.63) is 30.3 Å². The number of ether oxygens (including phenoxy) is 1. The number of hydrogen-bond donors (Lipinski definition) is 1. The van der Waals surface area contributed by atoms with Crippen molar-refractivity contribution >= 4 is 5.91 Å². The Bertz CT molecular complexity index is 446. The number of fused-ring (bicyclic) bond motifs is 2. The van der Waals surface area contributed by atoms with E-state index in [4.69, 9.17) is 4.74 Å². The van der Waals surface area contributed by atoms with Gasteiger partial charge < -0.3 is 10.1 Å². The van der Waals surface area contributed by atoms with Gasteiger partial charge in [0, 0.05) is 6.42 Å². The van der Waals surface area contributed by atoms with Gasteiger partial charge in [-0.3, -0.25) is 4.79 Å². The fourth-order valence-corrected chi connectivity index (χ4v) is 3.81. The first kappa shape index (κ1) is 13.5. The highest BCUT2D eigenvalue weighted by molar-refractivity contribution is 5.76. The molecular formula is C17H23NO2. The summed E-state index contributed by atoms with van der Waals surface area (Å²) in [5.74, 6) is 3.43. The molecule has 0 spiro atoms. The fraction of sp³-hybridized carbons (Fsp3) is 0.588. The van der Waals surface area contributed by atoms with E-state index >= 15 is 0 Å². The minimum Gasteiger partial charge on any atom is -0.492 e. The molecule has 1 N–H and O–H groups in total. The lowest BCUT2D eigenvalue weighted by Crippen LogP contribution is -2.30. The standard InChI is InChI=1S/C17H23NO2/c19-17(12-15-11-13-6-7-14(15)10-13)18-8-9-20-16-4-2-1-3-5-16/h1-5,13-15H,6-12H2,(H,18,19). The molecule has 3 nitrogen and oxygen atoms in total. The van der Waals surface area contributed by atoms with E-state index in [0.717, 1.165) is 17.6 Å². The number of carbonyl (C=O) groups excluding carboxylic acids is 1. The Kier molecular flexibility index (Phi) is 4.24. The Morgan fingerprint density at radius 2 is 2.05 bits per heavy atom. The molecule has 0 radical (unpaired) electrons. The van der Waals surface area contributed by atoms with Crippen LogP contribution in [-0.2, 0) is 4.79 Å². The van der Waals surface area contributed by atoms with Gasteiger partial charge in [0.15, 0.2) is 0 Å². The Hall–Kier alpha value is -1.51. The molecule has 3 rings (SSSR count). The lowest BCUT2D eigenvalue weighted by Gasteiger charge is -2.20. The maximum absolute atomic E-state index is 11.9. The van der Waals surface area contributed by atoms with Crippen LogP contribution in [0.4, 0.5) is 0 Å². The average molecular weight is 273 g/mol. The van der Waals surface area contributed by atoms with Crippen LogP contribution in [0.2, 0.25) is 0 Å². The molecule has 108 valence electrons. The second kappa shape index (κ2) is 6.29. The van der Waals surface area contributed by atoms with E-state index < -0.39 is 0 Å². The number of benzene rings is 1. The van der Waals surface area contributed by atoms with Crippen molar-refractivity contribution in [2.45, 2.75) is 32.1 Å². The Labute approximate surface area is 120 Å². The fourth-order valence-electron chi connectivity index (χ4n) is 3.81. The number of nitrogens with one attached hydrogen (secondary N) is 1. The lowest BCUT2D eigenvalue weighted by atomic mass is 9.86. The van der Waals surface area contributed by atoms with Crippen LogP contribution in [0.1, 0.15) is 32.1 Å². The van der Waals surface area contributed by atoms with Crippen LogP contribution in [0.25, 0.3) is 0 Å². The highest BCUT2D eigenvalue weighted by Gasteiger charge is 2.39. The summed E-state index contributed by atoms with van der Waals surface area (Å²) in [5, 5.41) is 2.98. The largest absolute Gasteiger partial charge is 0.492 e. The van der Waals surface area contributed by atoms with E-state index in [1.807, 2.05) is 30.3 Å². The monoisotopic (exact) mass is 273 g/mol. The molecule has 0 heterocycles. The summed E-state index contributed by atoms with van der Waals surface area (Å²) in [6.45, 7) is 1.13. The number of hydrogen-bond acceptors (Lipinski definition) is 2. The summed E-state index contributed by atoms with van der Waals surface area (Å²) in [6, 6.07) is 9.71. The van der Waals surface area contributed by atoms with Crippen molar-refractivity contribution in [3.8, 4) is 5.75 Å². The smallest absolute Gasteiger partial charge is 0.220 e. The number of amides is 1. The third-order valence-electron chi connectivity index (χ3n) is 4.77. The average Bonchev–Trinajstić information content (AvgIpc) is 3.07. The van der Waals surface area contributed by atoms with E-state index in [1.54, 1.807) is 0 Å². The number of rotatable bonds is 6. The predicted molar refractivity (Wildman–Crippen MR) is 78.5 cm³/mol. The molecule has 3 heteroatoms. The van der Waals surface area contributed by atoms with Gasteiger partial charge in [0.2, 0.25) is 5.91 Å². The summed E-state index contributed by atoms with van der Waals surface area (Å²) in [6.07, 6.45) is 6.10. The van der Waals surface area contributed by atoms with Gasteiger partial charge >= 0.3 is 0 Å². The Morgan fingerprint density at radius 3 is 2.75 bits per heavy atom. The second-order valence-electron chi connectivity index (χ2n) is 6.15. The normalized spacial score (nSPS) is 27.5. The van der Waals surface area contributed by atoms with Gasteiger partial charge in [-0.25, -0.2) is 0 Å². The number of para-hydroxylation sites is 1. The summed E-state index contributed by atoms with van der Waals surface area (Å²) in [4.78, 5) is 11.9. The first-order valence-corrected chi connectivity index (χ1v) is 7.76. The minimum absolute atomic E-state index is 0.194. The molecule has 2 bridgehead atoms. The Balaban J connectivity index is 1.32. The molecule has 2 aliphatic carbocycles. The molecule has 1 aromatic rings. The van der Waals surface area contributed by atoms with Gasteiger partial charge in [0.05, 0.1) is 6.54 Å². The van der Waals surface area contributed by atoms with Crippen LogP contribution in [-0.4, -0.2) is 19.1 Å². The van der Waals surface area contributed by atoms with Gasteiger partial charge in [-0.05, 0) is 49.1 Å². The van der Waals surface area contributed by atoms with E-state index in [1.165, 1.54) is 25.7 Å². The van der Waals surface area contributed by atoms with Crippen LogP contribution < -0.4 is 10.1 Å². The van der Waals surface area contributed by atoms with E-state index in [2.05, 4.69) is 5.32 Å². The summed E-state index contributed by atoms with van der Waals surface area (Å²) >= 11 is 0. The molecule has 2 saturated carbocycles. The molecule has 20 heavy (non-hydrogen) atoms. The van der Waals surface area contributed by atoms with Crippen molar-refractivity contribution in [1.29, 1.82) is 0 Å². The van der Waals surface area contributed by atoms with Crippen molar-refractivity contribution in [3.63, 3.8) is 0 Å². The SMILES string of the molecule is O=C(CC1CC2CCC1C2)NCCOc1ccccc1. The number of carbonyl (C=O) groups is 1. The van der Waals surface area contributed by atoms with Crippen LogP contribution in [0.3, 0.4) is 0 Å². The summed E-state index contributed by atoms with van der Waals surface area (Å²) in [5.41, 5.74) is 0. The predicted octanol–water partition coefficient (Wildman–Crippen LogP) is 3.01. The molecule has 0 saturated heterocycles. The topological polar surface area (TPSA) is 38.3 Å². The van der Waals surface area contributed by atoms with Crippen LogP contribution in [0, 0.1) is 17.8 Å². The van der Waals surface area contributed by atoms with Gasteiger partial charge in [-0.1, -0.05) is 24.6 Å². The molecule has 2 aliphatic rings. The van der Waals surface area contributed by atoms with E-state index in [0.29, 0.717) is 25.5 Å². The quantitative estimate of drug-likeness (QED) is 0.809. The second-order valence-corrected chi connectivity index (χ2v) is 6.15. The molecule has 1 amide bonds. The van der Waals surface area contributed by atoms with Crippen molar-refractivity contribution < 1.29 is 9.53 Å². The molecule has 0 aliphatic heterocycles. The first-order chi connectivity index (χ1) is 9.81. The molecule has 0 aromatic heterocycles. The minimum atomic E-state index is 0.194. The highest BCUT2D eigenvalue weighted by atomic mass is 16.5. The first-order valence-electron chi connectivity index (χ1n) is 7.76. The van der Waals surface area contributed by atoms with Crippen molar-refractivity contribution in [2.24, 2.45) is 17.8 Å². The van der Waals surface area contributed by atoms with E-state index in [9.17, 15) is 4.79 Å². The van der Waals surface area contributed by atoms with Gasteiger partial charge in [-0.15, -0.1) is 0 Å². The van der Waals surface area contributed by atoms with Crippen LogP contribution >= 0.6 is 0 Å².